The molecule has 0 radical (unpaired) electrons. The average molecular weight is 543 g/mol. The second kappa shape index (κ2) is 14.5. The molecule has 0 aliphatic rings. The summed E-state index contributed by atoms with van der Waals surface area (Å²) < 4.78 is 5.87. The first-order valence-electron chi connectivity index (χ1n) is 11.6. The quantitative estimate of drug-likeness (QED) is 0.205. The summed E-state index contributed by atoms with van der Waals surface area (Å²) in [7, 11) is 2.23. The lowest BCUT2D eigenvalue weighted by molar-refractivity contribution is -0.147. The number of carboxylic acids is 2. The van der Waals surface area contributed by atoms with Crippen molar-refractivity contribution in [2.24, 2.45) is 10.8 Å². The summed E-state index contributed by atoms with van der Waals surface area (Å²) in [6.45, 7) is 11.3. The van der Waals surface area contributed by atoms with Crippen molar-refractivity contribution >= 4 is 45.3 Å². The van der Waals surface area contributed by atoms with Crippen molar-refractivity contribution in [1.29, 1.82) is 0 Å². The van der Waals surface area contributed by atoms with Crippen LogP contribution >= 0.6 is 21.6 Å². The minimum atomic E-state index is -1.21. The van der Waals surface area contributed by atoms with E-state index in [0.717, 1.165) is 27.2 Å². The fourth-order valence-corrected chi connectivity index (χ4v) is 5.34. The van der Waals surface area contributed by atoms with E-state index in [2.05, 4.69) is 10.6 Å². The Hall–Kier alpha value is -2.24. The van der Waals surface area contributed by atoms with Gasteiger partial charge in [-0.25, -0.2) is 9.59 Å². The van der Waals surface area contributed by atoms with Gasteiger partial charge >= 0.3 is 11.9 Å². The molecule has 3 atom stereocenters. The fourth-order valence-electron chi connectivity index (χ4n) is 3.03. The number of hydrogen-bond donors (Lipinski definition) is 4. The van der Waals surface area contributed by atoms with Crippen molar-refractivity contribution in [3.8, 4) is 0 Å². The summed E-state index contributed by atoms with van der Waals surface area (Å²) in [5.74, 6) is -3.23. The molecule has 0 unspecified atom stereocenters. The SMILES string of the molecule is CC(C)(C)CC(=O)N[C@@H](CSSC[C@H](NC(=O)[C@@H](OCc1ccccc1)C(C)(C)C)C(=O)O)C(=O)O. The first-order chi connectivity index (χ1) is 16.6. The molecule has 0 heterocycles. The molecular weight excluding hydrogens is 504 g/mol. The van der Waals surface area contributed by atoms with E-state index in [1.165, 1.54) is 0 Å². The van der Waals surface area contributed by atoms with Gasteiger partial charge in [0.05, 0.1) is 6.61 Å². The molecule has 11 heteroatoms. The van der Waals surface area contributed by atoms with Gasteiger partial charge in [-0.15, -0.1) is 0 Å². The second-order valence-corrected chi connectivity index (χ2v) is 13.3. The van der Waals surface area contributed by atoms with Gasteiger partial charge in [0.2, 0.25) is 11.8 Å². The first-order valence-corrected chi connectivity index (χ1v) is 14.0. The number of hydrogen-bond acceptors (Lipinski definition) is 7. The van der Waals surface area contributed by atoms with Crippen LogP contribution in [0.5, 0.6) is 0 Å². The molecule has 2 amide bonds. The summed E-state index contributed by atoms with van der Waals surface area (Å²) in [4.78, 5) is 48.3. The molecule has 202 valence electrons. The van der Waals surface area contributed by atoms with Gasteiger partial charge in [-0.1, -0.05) is 93.5 Å². The number of amides is 2. The molecule has 1 aromatic carbocycles. The summed E-state index contributed by atoms with van der Waals surface area (Å²) in [6, 6.07) is 7.06. The molecule has 0 bridgehead atoms. The van der Waals surface area contributed by atoms with E-state index in [0.29, 0.717) is 0 Å². The van der Waals surface area contributed by atoms with Crippen LogP contribution in [0.1, 0.15) is 53.5 Å². The topological polar surface area (TPSA) is 142 Å². The van der Waals surface area contributed by atoms with Crippen molar-refractivity contribution in [3.05, 3.63) is 35.9 Å². The normalized spacial score (nSPS) is 14.4. The van der Waals surface area contributed by atoms with E-state index in [-0.39, 0.29) is 35.9 Å². The number of carboxylic acid groups (broad SMARTS) is 2. The first kappa shape index (κ1) is 31.8. The maximum Gasteiger partial charge on any atom is 0.327 e. The Morgan fingerprint density at radius 3 is 1.81 bits per heavy atom. The molecule has 4 N–H and O–H groups in total. The Labute approximate surface area is 220 Å². The van der Waals surface area contributed by atoms with E-state index >= 15 is 0 Å². The van der Waals surface area contributed by atoms with Crippen molar-refractivity contribution < 1.29 is 34.1 Å². The van der Waals surface area contributed by atoms with Crippen molar-refractivity contribution in [2.45, 2.75) is 72.8 Å². The predicted octanol–water partition coefficient (Wildman–Crippen LogP) is 3.57. The lowest BCUT2D eigenvalue weighted by atomic mass is 9.88. The molecule has 0 aliphatic carbocycles. The summed E-state index contributed by atoms with van der Waals surface area (Å²) in [6.07, 6.45) is -0.699. The van der Waals surface area contributed by atoms with Crippen LogP contribution in [-0.2, 0) is 30.5 Å². The molecule has 1 aromatic rings. The molecule has 36 heavy (non-hydrogen) atoms. The van der Waals surface area contributed by atoms with Gasteiger partial charge in [0, 0.05) is 17.9 Å². The van der Waals surface area contributed by atoms with Crippen LogP contribution in [0.15, 0.2) is 30.3 Å². The minimum absolute atomic E-state index is 0.00354. The Bertz CT molecular complexity index is 883. The molecule has 0 fully saturated rings. The highest BCUT2D eigenvalue weighted by Gasteiger charge is 2.35. The number of aliphatic carboxylic acids is 2. The van der Waals surface area contributed by atoms with E-state index in [1.807, 2.05) is 71.9 Å². The molecular formula is C25H38N2O7S2. The van der Waals surface area contributed by atoms with E-state index in [9.17, 15) is 29.4 Å². The Balaban J connectivity index is 2.66. The standard InChI is InChI=1S/C25H38N2O7S2/c1-24(2,3)12-19(28)26-17(22(30)31)14-35-36-15-18(23(32)33)27-21(29)20(25(4,5)6)34-13-16-10-8-7-9-11-16/h7-11,17-18,20H,12-15H2,1-6H3,(H,26,28)(H,27,29)(H,30,31)(H,32,33)/t17-,18-,20+/m0/s1. The number of nitrogens with one attached hydrogen (secondary N) is 2. The average Bonchev–Trinajstić information content (AvgIpc) is 2.73. The van der Waals surface area contributed by atoms with Gasteiger partial charge in [0.1, 0.15) is 18.2 Å². The number of rotatable bonds is 14. The van der Waals surface area contributed by atoms with E-state index < -0.39 is 41.4 Å². The Morgan fingerprint density at radius 2 is 1.36 bits per heavy atom. The zero-order valence-corrected chi connectivity index (χ0v) is 23.3. The highest BCUT2D eigenvalue weighted by atomic mass is 33.1. The number of benzene rings is 1. The van der Waals surface area contributed by atoms with Crippen LogP contribution in [0.2, 0.25) is 0 Å². The van der Waals surface area contributed by atoms with Gasteiger partial charge in [-0.05, 0) is 16.4 Å². The molecule has 0 saturated heterocycles. The predicted molar refractivity (Wildman–Crippen MR) is 143 cm³/mol. The van der Waals surface area contributed by atoms with Crippen molar-refractivity contribution in [2.75, 3.05) is 11.5 Å². The minimum Gasteiger partial charge on any atom is -0.480 e. The van der Waals surface area contributed by atoms with Crippen LogP contribution in [0, 0.1) is 10.8 Å². The van der Waals surface area contributed by atoms with Crippen LogP contribution in [0.3, 0.4) is 0 Å². The largest absolute Gasteiger partial charge is 0.480 e. The molecule has 0 aromatic heterocycles. The molecule has 9 nitrogen and oxygen atoms in total. The lowest BCUT2D eigenvalue weighted by Crippen LogP contribution is -2.51. The lowest BCUT2D eigenvalue weighted by Gasteiger charge is -2.30. The monoisotopic (exact) mass is 542 g/mol. The zero-order valence-electron chi connectivity index (χ0n) is 21.7. The highest BCUT2D eigenvalue weighted by Crippen LogP contribution is 2.26. The molecule has 0 saturated carbocycles. The summed E-state index contributed by atoms with van der Waals surface area (Å²) in [5, 5.41) is 24.1. The van der Waals surface area contributed by atoms with Gasteiger partial charge in [-0.3, -0.25) is 9.59 Å². The number of carbonyl (C=O) groups excluding carboxylic acids is 2. The van der Waals surface area contributed by atoms with Crippen LogP contribution < -0.4 is 10.6 Å². The number of ether oxygens (including phenoxy) is 1. The van der Waals surface area contributed by atoms with Gasteiger partial charge < -0.3 is 25.6 Å². The maximum absolute atomic E-state index is 13.0. The van der Waals surface area contributed by atoms with Crippen molar-refractivity contribution in [3.63, 3.8) is 0 Å². The Kier molecular flexibility index (Phi) is 12.8. The third-order valence-corrected chi connectivity index (χ3v) is 7.20. The second-order valence-electron chi connectivity index (χ2n) is 10.7. The van der Waals surface area contributed by atoms with Crippen molar-refractivity contribution in [1.82, 2.24) is 10.6 Å². The van der Waals surface area contributed by atoms with Gasteiger partial charge in [0.15, 0.2) is 0 Å². The van der Waals surface area contributed by atoms with Crippen LogP contribution in [-0.4, -0.2) is 63.7 Å². The molecule has 1 rings (SSSR count). The number of carbonyl (C=O) groups is 4. The smallest absolute Gasteiger partial charge is 0.327 e. The molecule has 0 aliphatic heterocycles. The zero-order chi connectivity index (χ0) is 27.5. The third-order valence-electron chi connectivity index (χ3n) is 4.78. The molecule has 0 spiro atoms. The van der Waals surface area contributed by atoms with E-state index in [1.54, 1.807) is 0 Å². The summed E-state index contributed by atoms with van der Waals surface area (Å²) in [5.41, 5.74) is 0.0328. The Morgan fingerprint density at radius 1 is 0.861 bits per heavy atom. The van der Waals surface area contributed by atoms with Crippen LogP contribution in [0.4, 0.5) is 0 Å². The third kappa shape index (κ3) is 12.6. The highest BCUT2D eigenvalue weighted by molar-refractivity contribution is 8.76. The van der Waals surface area contributed by atoms with E-state index in [4.69, 9.17) is 4.74 Å². The van der Waals surface area contributed by atoms with Gasteiger partial charge in [0.25, 0.3) is 0 Å². The fraction of sp³-hybridized carbons (Fsp3) is 0.600. The maximum atomic E-state index is 13.0. The summed E-state index contributed by atoms with van der Waals surface area (Å²) >= 11 is 0. The van der Waals surface area contributed by atoms with Crippen LogP contribution in [0.25, 0.3) is 0 Å². The van der Waals surface area contributed by atoms with Gasteiger partial charge in [-0.2, -0.15) is 0 Å².